The molecule has 1 fully saturated rings. The first-order valence-corrected chi connectivity index (χ1v) is 15.5. The third-order valence-electron chi connectivity index (χ3n) is 9.04. The van der Waals surface area contributed by atoms with Crippen molar-refractivity contribution in [3.63, 3.8) is 0 Å². The van der Waals surface area contributed by atoms with Crippen LogP contribution in [0, 0.1) is 0 Å². The summed E-state index contributed by atoms with van der Waals surface area (Å²) in [4.78, 5) is 39.8. The van der Waals surface area contributed by atoms with E-state index in [4.69, 9.17) is 24.7 Å². The molecule has 2 aromatic rings. The molecule has 0 saturated carbocycles. The van der Waals surface area contributed by atoms with Gasteiger partial charge in [-0.3, -0.25) is 14.4 Å². The summed E-state index contributed by atoms with van der Waals surface area (Å²) in [7, 11) is 0. The highest BCUT2D eigenvalue weighted by atomic mass is 16.7. The fourth-order valence-corrected chi connectivity index (χ4v) is 6.60. The van der Waals surface area contributed by atoms with Crippen LogP contribution in [0.15, 0.2) is 18.2 Å². The Morgan fingerprint density at radius 1 is 1.11 bits per heavy atom. The number of aromatic hydroxyl groups is 3. The van der Waals surface area contributed by atoms with E-state index in [0.717, 1.165) is 6.92 Å². The largest absolute Gasteiger partial charge is 0.507 e. The Morgan fingerprint density at radius 3 is 2.40 bits per heavy atom. The average molecular weight is 660 g/mol. The number of carbonyl (C=O) groups is 3. The second-order valence-corrected chi connectivity index (χ2v) is 12.7. The summed E-state index contributed by atoms with van der Waals surface area (Å²) in [5.74, 6) is -4.26. The summed E-state index contributed by atoms with van der Waals surface area (Å²) in [6, 6.07) is 3.17. The summed E-state index contributed by atoms with van der Waals surface area (Å²) < 4.78 is 24.1. The summed E-state index contributed by atoms with van der Waals surface area (Å²) in [6.07, 6.45) is -6.88. The highest BCUT2D eigenvalue weighted by Gasteiger charge is 2.49. The van der Waals surface area contributed by atoms with Gasteiger partial charge >= 0.3 is 0 Å². The fraction of sp³-hybridized carbons (Fsp3) is 0.545. The molecule has 47 heavy (non-hydrogen) atoms. The van der Waals surface area contributed by atoms with Gasteiger partial charge in [0, 0.05) is 48.4 Å². The molecule has 256 valence electrons. The molecular formula is C33H41NO13. The first-order chi connectivity index (χ1) is 22.1. The second kappa shape index (κ2) is 13.2. The van der Waals surface area contributed by atoms with E-state index in [9.17, 15) is 45.0 Å². The number of hydrogen-bond donors (Lipinski definition) is 7. The molecule has 3 aliphatic rings. The van der Waals surface area contributed by atoms with Gasteiger partial charge in [-0.25, -0.2) is 0 Å². The van der Waals surface area contributed by atoms with Gasteiger partial charge in [-0.15, -0.1) is 0 Å². The molecule has 3 unspecified atom stereocenters. The second-order valence-electron chi connectivity index (χ2n) is 12.7. The van der Waals surface area contributed by atoms with Crippen molar-refractivity contribution in [2.24, 2.45) is 5.73 Å². The number of benzene rings is 2. The number of nitrogens with two attached hydrogens (primary N) is 1. The number of hydrogen-bond acceptors (Lipinski definition) is 14. The van der Waals surface area contributed by atoms with Crippen LogP contribution in [-0.4, -0.2) is 103 Å². The van der Waals surface area contributed by atoms with Crippen LogP contribution in [0.3, 0.4) is 0 Å². The maximum Gasteiger partial charge on any atom is 0.202 e. The first kappa shape index (κ1) is 34.9. The summed E-state index contributed by atoms with van der Waals surface area (Å²) in [6.45, 7) is 5.76. The lowest BCUT2D eigenvalue weighted by Crippen LogP contribution is -2.55. The van der Waals surface area contributed by atoms with Crippen molar-refractivity contribution in [2.75, 3.05) is 6.61 Å². The molecule has 0 aromatic heterocycles. The number of phenols is 3. The number of rotatable bonds is 10. The Morgan fingerprint density at radius 2 is 1.79 bits per heavy atom. The normalized spacial score (nSPS) is 29.0. The Hall–Kier alpha value is -3.47. The average Bonchev–Trinajstić information content (AvgIpc) is 2.98. The van der Waals surface area contributed by atoms with Gasteiger partial charge in [-0.2, -0.15) is 0 Å². The van der Waals surface area contributed by atoms with Crippen molar-refractivity contribution in [3.05, 3.63) is 51.6 Å². The number of carbonyl (C=O) groups excluding carboxylic acids is 3. The van der Waals surface area contributed by atoms with Crippen molar-refractivity contribution in [1.29, 1.82) is 0 Å². The lowest BCUT2D eigenvalue weighted by atomic mass is 9.72. The topological polar surface area (TPSA) is 236 Å². The van der Waals surface area contributed by atoms with Crippen LogP contribution in [0.1, 0.15) is 96.0 Å². The Bertz CT molecular complexity index is 1560. The molecule has 1 aliphatic heterocycles. The monoisotopic (exact) mass is 659 g/mol. The minimum atomic E-state index is -2.07. The number of aliphatic hydroxyl groups is 3. The molecule has 0 bridgehead atoms. The van der Waals surface area contributed by atoms with Crippen LogP contribution >= 0.6 is 0 Å². The number of ether oxygens (including phenoxy) is 4. The quantitative estimate of drug-likeness (QED) is 0.120. The molecule has 2 aliphatic carbocycles. The third-order valence-corrected chi connectivity index (χ3v) is 9.04. The van der Waals surface area contributed by atoms with E-state index in [1.165, 1.54) is 18.2 Å². The zero-order valence-corrected chi connectivity index (χ0v) is 26.5. The van der Waals surface area contributed by atoms with E-state index in [2.05, 4.69) is 0 Å². The van der Waals surface area contributed by atoms with E-state index in [1.54, 1.807) is 20.8 Å². The lowest BCUT2D eigenvalue weighted by molar-refractivity contribution is -0.285. The van der Waals surface area contributed by atoms with Gasteiger partial charge in [0.25, 0.3) is 0 Å². The third kappa shape index (κ3) is 6.39. The van der Waals surface area contributed by atoms with Gasteiger partial charge in [0.1, 0.15) is 29.0 Å². The van der Waals surface area contributed by atoms with E-state index in [1.807, 2.05) is 0 Å². The number of fused-ring (bicyclic) bond motifs is 3. The molecule has 5 rings (SSSR count). The summed E-state index contributed by atoms with van der Waals surface area (Å²) in [5.41, 5.74) is 2.60. The van der Waals surface area contributed by atoms with Gasteiger partial charge in [0.05, 0.1) is 47.7 Å². The minimum absolute atomic E-state index is 0.0205. The highest BCUT2D eigenvalue weighted by molar-refractivity contribution is 6.31. The molecule has 1 saturated heterocycles. The number of aliphatic hydroxyl groups excluding tert-OH is 2. The minimum Gasteiger partial charge on any atom is -0.507 e. The predicted octanol–water partition coefficient (Wildman–Crippen LogP) is 1.24. The van der Waals surface area contributed by atoms with Crippen molar-refractivity contribution in [1.82, 2.24) is 0 Å². The van der Waals surface area contributed by atoms with E-state index in [0.29, 0.717) is 0 Å². The molecule has 1 heterocycles. The zero-order valence-electron chi connectivity index (χ0n) is 26.5. The van der Waals surface area contributed by atoms with Crippen LogP contribution in [0.2, 0.25) is 0 Å². The number of ketones is 3. The van der Waals surface area contributed by atoms with E-state index in [-0.39, 0.29) is 41.7 Å². The molecule has 0 spiro atoms. The first-order valence-electron chi connectivity index (χ1n) is 15.5. The van der Waals surface area contributed by atoms with Crippen molar-refractivity contribution < 1.29 is 64.0 Å². The molecule has 8 N–H and O–H groups in total. The van der Waals surface area contributed by atoms with Gasteiger partial charge in [-0.1, -0.05) is 12.1 Å². The van der Waals surface area contributed by atoms with Gasteiger partial charge in [-0.05, 0) is 33.8 Å². The SMILES string of the molecule is CC(=O)[C@]1(O)Cc2c(O)c3c(c(O)c2C(OC2C[C@H](N)[C@H](OC(C[C@H](C)O)O[C@H](C)CO)[C@H](C)O2)C1)C(=O)c1c(O)cccc1C3=O. The smallest absolute Gasteiger partial charge is 0.202 e. The standard InChI is InChI=1S/C33H41NO13/c1-13(36)8-22(44-14(2)12-35)47-32-15(3)45-23(9-19(32)34)46-21-11-33(43,16(4)37)10-18-25(21)31(42)27-26(29(18)40)28(39)17-6-5-7-20(38)24(17)30(27)41/h5-7,13-15,19,21-23,32,35-36,38,40,42-43H,8-12,34H2,1-4H3/t13-,14+,15-,19-,21?,22?,23?,32+,33-/m0/s1. The molecule has 14 nitrogen and oxygen atoms in total. The Kier molecular flexibility index (Phi) is 9.79. The summed E-state index contributed by atoms with van der Waals surface area (Å²) in [5, 5.41) is 64.2. The molecule has 14 heteroatoms. The predicted molar refractivity (Wildman–Crippen MR) is 162 cm³/mol. The van der Waals surface area contributed by atoms with Crippen molar-refractivity contribution in [2.45, 2.75) is 108 Å². The highest BCUT2D eigenvalue weighted by Crippen LogP contribution is 2.52. The molecule has 0 amide bonds. The molecule has 0 radical (unpaired) electrons. The summed E-state index contributed by atoms with van der Waals surface area (Å²) >= 11 is 0. The zero-order chi connectivity index (χ0) is 34.5. The maximum absolute atomic E-state index is 13.6. The van der Waals surface area contributed by atoms with Crippen LogP contribution in [0.4, 0.5) is 0 Å². The van der Waals surface area contributed by atoms with E-state index >= 15 is 0 Å². The van der Waals surface area contributed by atoms with Gasteiger partial charge < -0.3 is 55.3 Å². The van der Waals surface area contributed by atoms with Gasteiger partial charge in [0.2, 0.25) is 5.78 Å². The lowest BCUT2D eigenvalue weighted by Gasteiger charge is -2.43. The molecular weight excluding hydrogens is 618 g/mol. The van der Waals surface area contributed by atoms with Crippen molar-refractivity contribution >= 4 is 17.3 Å². The molecule has 9 atom stereocenters. The number of Topliss-reactive ketones (excluding diaryl/α,β-unsaturated/α-hetero) is 1. The van der Waals surface area contributed by atoms with Crippen molar-refractivity contribution in [3.8, 4) is 17.2 Å². The number of phenolic OH excluding ortho intramolecular Hbond substituents is 3. The maximum atomic E-state index is 13.6. The van der Waals surface area contributed by atoms with Crippen LogP contribution in [0.25, 0.3) is 0 Å². The fourth-order valence-electron chi connectivity index (χ4n) is 6.60. The Balaban J connectivity index is 1.48. The van der Waals surface area contributed by atoms with Crippen LogP contribution in [-0.2, 0) is 30.2 Å². The van der Waals surface area contributed by atoms with E-state index < -0.39 is 113 Å². The molecule has 2 aromatic carbocycles. The Labute approximate surface area is 270 Å². The van der Waals surface area contributed by atoms with Gasteiger partial charge in [0.15, 0.2) is 24.1 Å². The van der Waals surface area contributed by atoms with Crippen LogP contribution < -0.4 is 5.73 Å². The van der Waals surface area contributed by atoms with Crippen LogP contribution in [0.5, 0.6) is 17.2 Å².